The van der Waals surface area contributed by atoms with E-state index in [0.29, 0.717) is 12.0 Å². The first-order valence-corrected chi connectivity index (χ1v) is 5.93. The van der Waals surface area contributed by atoms with Gasteiger partial charge in [-0.1, -0.05) is 6.07 Å². The molecule has 0 bridgehead atoms. The van der Waals surface area contributed by atoms with Gasteiger partial charge in [-0.25, -0.2) is 4.39 Å². The van der Waals surface area contributed by atoms with Gasteiger partial charge in [0.1, 0.15) is 5.82 Å². The standard InChI is InChI=1S/C15H17FNO/c1-10-4-5-17(18)9-14(10)8-13-6-12(3)15(16)7-11(13)2/h4-7,9,18H,8H2,1-3H3/q+1. The summed E-state index contributed by atoms with van der Waals surface area (Å²) in [6.07, 6.45) is 3.98. The second-order valence-electron chi connectivity index (χ2n) is 4.74. The third-order valence-electron chi connectivity index (χ3n) is 3.27. The molecule has 94 valence electrons. The molecule has 0 spiro atoms. The van der Waals surface area contributed by atoms with Crippen molar-refractivity contribution in [3.63, 3.8) is 0 Å². The maximum absolute atomic E-state index is 13.4. The first-order chi connectivity index (χ1) is 8.47. The minimum Gasteiger partial charge on any atom is -0.285 e. The molecule has 0 aliphatic heterocycles. The van der Waals surface area contributed by atoms with Crippen LogP contribution in [-0.4, -0.2) is 5.21 Å². The lowest BCUT2D eigenvalue weighted by Gasteiger charge is -2.08. The Morgan fingerprint density at radius 1 is 1.06 bits per heavy atom. The Bertz CT molecular complexity index is 593. The van der Waals surface area contributed by atoms with Crippen molar-refractivity contribution >= 4 is 0 Å². The Morgan fingerprint density at radius 2 is 1.78 bits per heavy atom. The molecule has 3 heteroatoms. The third kappa shape index (κ3) is 2.50. The number of hydrogen-bond donors (Lipinski definition) is 1. The molecule has 1 heterocycles. The van der Waals surface area contributed by atoms with Gasteiger partial charge in [-0.15, -0.1) is 0 Å². The summed E-state index contributed by atoms with van der Waals surface area (Å²) in [6.45, 7) is 5.67. The lowest BCUT2D eigenvalue weighted by Crippen LogP contribution is -2.29. The van der Waals surface area contributed by atoms with E-state index < -0.39 is 0 Å². The maximum Gasteiger partial charge on any atom is 0.226 e. The summed E-state index contributed by atoms with van der Waals surface area (Å²) in [5.74, 6) is -0.168. The van der Waals surface area contributed by atoms with Crippen LogP contribution in [0.3, 0.4) is 0 Å². The van der Waals surface area contributed by atoms with Gasteiger partial charge in [-0.3, -0.25) is 5.21 Å². The average Bonchev–Trinajstić information content (AvgIpc) is 2.30. The highest BCUT2D eigenvalue weighted by molar-refractivity contribution is 5.36. The zero-order chi connectivity index (χ0) is 13.3. The average molecular weight is 246 g/mol. The van der Waals surface area contributed by atoms with Crippen LogP contribution in [0.15, 0.2) is 30.6 Å². The predicted octanol–water partition coefficient (Wildman–Crippen LogP) is 2.87. The van der Waals surface area contributed by atoms with Crippen LogP contribution >= 0.6 is 0 Å². The fourth-order valence-corrected chi connectivity index (χ4v) is 2.02. The molecule has 1 aromatic carbocycles. The Balaban J connectivity index is 2.40. The van der Waals surface area contributed by atoms with E-state index >= 15 is 0 Å². The molecular formula is C15H17FNO+. The number of benzene rings is 1. The van der Waals surface area contributed by atoms with E-state index in [9.17, 15) is 9.60 Å². The molecule has 0 aliphatic carbocycles. The molecule has 2 nitrogen and oxygen atoms in total. The lowest BCUT2D eigenvalue weighted by atomic mass is 9.97. The van der Waals surface area contributed by atoms with Crippen LogP contribution in [-0.2, 0) is 6.42 Å². The second kappa shape index (κ2) is 4.77. The van der Waals surface area contributed by atoms with Crippen molar-refractivity contribution in [1.82, 2.24) is 0 Å². The van der Waals surface area contributed by atoms with Gasteiger partial charge in [0.25, 0.3) is 0 Å². The van der Waals surface area contributed by atoms with Crippen molar-refractivity contribution in [1.29, 1.82) is 0 Å². The van der Waals surface area contributed by atoms with Crippen molar-refractivity contribution in [2.45, 2.75) is 27.2 Å². The molecule has 0 atom stereocenters. The summed E-state index contributed by atoms with van der Waals surface area (Å²) in [5, 5.41) is 9.44. The SMILES string of the molecule is Cc1cc(Cc2c[n+](O)ccc2C)c(C)cc1F. The van der Waals surface area contributed by atoms with E-state index in [2.05, 4.69) is 0 Å². The molecule has 0 unspecified atom stereocenters. The molecule has 2 rings (SSSR count). The number of nitrogens with zero attached hydrogens (tertiary/aromatic N) is 1. The van der Waals surface area contributed by atoms with Crippen molar-refractivity contribution in [2.24, 2.45) is 0 Å². The second-order valence-corrected chi connectivity index (χ2v) is 4.74. The van der Waals surface area contributed by atoms with Crippen LogP contribution in [0.2, 0.25) is 0 Å². The van der Waals surface area contributed by atoms with Crippen LogP contribution in [0.5, 0.6) is 0 Å². The minimum atomic E-state index is -0.168. The van der Waals surface area contributed by atoms with Crippen molar-refractivity contribution in [3.8, 4) is 0 Å². The van der Waals surface area contributed by atoms with Gasteiger partial charge >= 0.3 is 0 Å². The number of aryl methyl sites for hydroxylation is 3. The van der Waals surface area contributed by atoms with Crippen molar-refractivity contribution in [2.75, 3.05) is 0 Å². The van der Waals surface area contributed by atoms with Crippen LogP contribution in [0.4, 0.5) is 4.39 Å². The van der Waals surface area contributed by atoms with Crippen LogP contribution < -0.4 is 4.73 Å². The van der Waals surface area contributed by atoms with Gasteiger partial charge in [0.15, 0.2) is 0 Å². The molecule has 0 radical (unpaired) electrons. The molecular weight excluding hydrogens is 229 g/mol. The maximum atomic E-state index is 13.4. The normalized spacial score (nSPS) is 10.7. The first kappa shape index (κ1) is 12.6. The largest absolute Gasteiger partial charge is 0.285 e. The third-order valence-corrected chi connectivity index (χ3v) is 3.27. The van der Waals surface area contributed by atoms with Gasteiger partial charge < -0.3 is 0 Å². The molecule has 0 saturated heterocycles. The monoisotopic (exact) mass is 246 g/mol. The Kier molecular flexibility index (Phi) is 3.32. The summed E-state index contributed by atoms with van der Waals surface area (Å²) in [5.41, 5.74) is 4.82. The van der Waals surface area contributed by atoms with E-state index in [4.69, 9.17) is 0 Å². The zero-order valence-corrected chi connectivity index (χ0v) is 10.9. The van der Waals surface area contributed by atoms with E-state index in [1.807, 2.05) is 26.0 Å². The number of rotatable bonds is 2. The molecule has 1 N–H and O–H groups in total. The van der Waals surface area contributed by atoms with Crippen molar-refractivity contribution < 1.29 is 14.3 Å². The van der Waals surface area contributed by atoms with Gasteiger partial charge in [0.05, 0.1) is 0 Å². The summed E-state index contributed by atoms with van der Waals surface area (Å²) >= 11 is 0. The van der Waals surface area contributed by atoms with Crippen LogP contribution in [0.1, 0.15) is 27.8 Å². The first-order valence-electron chi connectivity index (χ1n) is 5.93. The van der Waals surface area contributed by atoms with Crippen LogP contribution in [0, 0.1) is 26.6 Å². The summed E-state index contributed by atoms with van der Waals surface area (Å²) in [6, 6.07) is 5.30. The van der Waals surface area contributed by atoms with Gasteiger partial charge in [-0.2, -0.15) is 0 Å². The molecule has 2 aromatic rings. The quantitative estimate of drug-likeness (QED) is 0.639. The summed E-state index contributed by atoms with van der Waals surface area (Å²) in [4.78, 5) is 0. The van der Waals surface area contributed by atoms with E-state index in [1.165, 1.54) is 0 Å². The van der Waals surface area contributed by atoms with E-state index in [0.717, 1.165) is 27.0 Å². The minimum absolute atomic E-state index is 0.168. The number of halogens is 1. The van der Waals surface area contributed by atoms with Gasteiger partial charge in [0, 0.05) is 22.8 Å². The molecule has 0 saturated carbocycles. The number of aromatic nitrogens is 1. The number of pyridine rings is 1. The van der Waals surface area contributed by atoms with Gasteiger partial charge in [0.2, 0.25) is 12.4 Å². The molecule has 0 fully saturated rings. The fourth-order valence-electron chi connectivity index (χ4n) is 2.02. The topological polar surface area (TPSA) is 24.1 Å². The molecule has 0 amide bonds. The van der Waals surface area contributed by atoms with E-state index in [-0.39, 0.29) is 5.82 Å². The summed E-state index contributed by atoms with van der Waals surface area (Å²) < 4.78 is 14.4. The summed E-state index contributed by atoms with van der Waals surface area (Å²) in [7, 11) is 0. The fraction of sp³-hybridized carbons (Fsp3) is 0.267. The Labute approximate surface area is 106 Å². The molecule has 18 heavy (non-hydrogen) atoms. The number of hydrogen-bond acceptors (Lipinski definition) is 1. The highest BCUT2D eigenvalue weighted by Crippen LogP contribution is 2.19. The highest BCUT2D eigenvalue weighted by Gasteiger charge is 2.10. The van der Waals surface area contributed by atoms with Gasteiger partial charge in [-0.05, 0) is 49.1 Å². The predicted molar refractivity (Wildman–Crippen MR) is 67.2 cm³/mol. The lowest BCUT2D eigenvalue weighted by molar-refractivity contribution is -0.905. The van der Waals surface area contributed by atoms with Crippen LogP contribution in [0.25, 0.3) is 0 Å². The van der Waals surface area contributed by atoms with Crippen molar-refractivity contribution in [3.05, 3.63) is 64.2 Å². The molecule has 0 aliphatic rings. The molecule has 1 aromatic heterocycles. The Hall–Kier alpha value is -1.90. The van der Waals surface area contributed by atoms with E-state index in [1.54, 1.807) is 25.4 Å². The Morgan fingerprint density at radius 3 is 2.50 bits per heavy atom. The highest BCUT2D eigenvalue weighted by atomic mass is 19.1. The smallest absolute Gasteiger partial charge is 0.226 e. The zero-order valence-electron chi connectivity index (χ0n) is 10.9.